The summed E-state index contributed by atoms with van der Waals surface area (Å²) in [6.07, 6.45) is 0. The van der Waals surface area contributed by atoms with E-state index in [-0.39, 0.29) is 18.4 Å². The van der Waals surface area contributed by atoms with Gasteiger partial charge in [0.1, 0.15) is 5.75 Å². The molecule has 26 heavy (non-hydrogen) atoms. The first-order chi connectivity index (χ1) is 12.7. The molecule has 3 rings (SSSR count). The summed E-state index contributed by atoms with van der Waals surface area (Å²) >= 11 is 0. The minimum atomic E-state index is -0.233. The molecule has 0 bridgehead atoms. The molecule has 1 aliphatic heterocycles. The van der Waals surface area contributed by atoms with Crippen LogP contribution in [0.5, 0.6) is 5.75 Å². The van der Waals surface area contributed by atoms with Crippen molar-refractivity contribution in [3.63, 3.8) is 0 Å². The zero-order valence-corrected chi connectivity index (χ0v) is 14.5. The zero-order chi connectivity index (χ0) is 18.2. The Balaban J connectivity index is 1.58. The number of benzene rings is 2. The number of carbonyl (C=O) groups excluding carboxylic acids is 2. The summed E-state index contributed by atoms with van der Waals surface area (Å²) in [4.78, 5) is 26.4. The van der Waals surface area contributed by atoms with E-state index in [1.165, 1.54) is 0 Å². The third-order valence-corrected chi connectivity index (χ3v) is 4.14. The van der Waals surface area contributed by atoms with Crippen molar-refractivity contribution in [2.24, 2.45) is 0 Å². The Morgan fingerprint density at radius 2 is 1.69 bits per heavy atom. The Morgan fingerprint density at radius 1 is 1.00 bits per heavy atom. The molecule has 0 aliphatic carbocycles. The summed E-state index contributed by atoms with van der Waals surface area (Å²) < 4.78 is 10.9. The molecule has 2 aromatic rings. The normalized spacial score (nSPS) is 13.9. The molecule has 1 N–H and O–H groups in total. The number of nitrogens with one attached hydrogen (secondary N) is 1. The smallest absolute Gasteiger partial charge is 0.260 e. The number of hydrogen-bond donors (Lipinski definition) is 1. The topological polar surface area (TPSA) is 67.9 Å². The van der Waals surface area contributed by atoms with Gasteiger partial charge >= 0.3 is 0 Å². The summed E-state index contributed by atoms with van der Waals surface area (Å²) in [5, 5.41) is 2.88. The van der Waals surface area contributed by atoms with Crippen LogP contribution in [0.1, 0.15) is 15.9 Å². The van der Waals surface area contributed by atoms with Crippen LogP contribution in [0.4, 0.5) is 0 Å². The number of nitrogens with zero attached hydrogens (tertiary/aromatic N) is 1. The zero-order valence-electron chi connectivity index (χ0n) is 14.5. The van der Waals surface area contributed by atoms with Gasteiger partial charge in [0.15, 0.2) is 6.61 Å². The Bertz CT molecular complexity index is 742. The van der Waals surface area contributed by atoms with Crippen LogP contribution in [0.2, 0.25) is 0 Å². The van der Waals surface area contributed by atoms with E-state index in [2.05, 4.69) is 5.32 Å². The number of morpholine rings is 1. The number of amides is 2. The van der Waals surface area contributed by atoms with Crippen molar-refractivity contribution >= 4 is 11.8 Å². The summed E-state index contributed by atoms with van der Waals surface area (Å²) in [5.41, 5.74) is 1.43. The van der Waals surface area contributed by atoms with Crippen molar-refractivity contribution in [2.45, 2.75) is 6.54 Å². The number of rotatable bonds is 6. The molecule has 6 nitrogen and oxygen atoms in total. The van der Waals surface area contributed by atoms with E-state index < -0.39 is 0 Å². The van der Waals surface area contributed by atoms with Crippen molar-refractivity contribution in [1.82, 2.24) is 10.2 Å². The van der Waals surface area contributed by atoms with Crippen LogP contribution in [-0.4, -0.2) is 49.6 Å². The Morgan fingerprint density at radius 3 is 2.46 bits per heavy atom. The van der Waals surface area contributed by atoms with Crippen molar-refractivity contribution < 1.29 is 19.1 Å². The van der Waals surface area contributed by atoms with Crippen molar-refractivity contribution in [3.8, 4) is 5.75 Å². The lowest BCUT2D eigenvalue weighted by Gasteiger charge is -2.26. The van der Waals surface area contributed by atoms with Crippen LogP contribution >= 0.6 is 0 Å². The second kappa shape index (κ2) is 9.01. The van der Waals surface area contributed by atoms with E-state index in [0.29, 0.717) is 44.2 Å². The van der Waals surface area contributed by atoms with Gasteiger partial charge in [0.25, 0.3) is 11.8 Å². The van der Waals surface area contributed by atoms with Gasteiger partial charge in [-0.3, -0.25) is 9.59 Å². The fraction of sp³-hybridized carbons (Fsp3) is 0.300. The van der Waals surface area contributed by atoms with Gasteiger partial charge in [-0.2, -0.15) is 0 Å². The van der Waals surface area contributed by atoms with E-state index in [1.807, 2.05) is 30.3 Å². The molecule has 0 radical (unpaired) electrons. The van der Waals surface area contributed by atoms with E-state index in [1.54, 1.807) is 29.2 Å². The van der Waals surface area contributed by atoms with Crippen LogP contribution in [0, 0.1) is 0 Å². The van der Waals surface area contributed by atoms with E-state index in [9.17, 15) is 9.59 Å². The molecule has 0 aromatic heterocycles. The highest BCUT2D eigenvalue weighted by Crippen LogP contribution is 2.18. The molecule has 6 heteroatoms. The maximum Gasteiger partial charge on any atom is 0.260 e. The maximum absolute atomic E-state index is 12.5. The largest absolute Gasteiger partial charge is 0.483 e. The van der Waals surface area contributed by atoms with Gasteiger partial charge in [-0.1, -0.05) is 42.5 Å². The molecule has 2 amide bonds. The molecule has 0 atom stereocenters. The minimum absolute atomic E-state index is 0.0943. The van der Waals surface area contributed by atoms with Crippen molar-refractivity contribution in [1.29, 1.82) is 0 Å². The quantitative estimate of drug-likeness (QED) is 0.860. The van der Waals surface area contributed by atoms with E-state index in [4.69, 9.17) is 9.47 Å². The number of ether oxygens (including phenoxy) is 2. The summed E-state index contributed by atoms with van der Waals surface area (Å²) in [6.45, 7) is 2.57. The molecule has 1 heterocycles. The Hall–Kier alpha value is -2.86. The molecule has 1 fully saturated rings. The number of carbonyl (C=O) groups is 2. The molecule has 2 aromatic carbocycles. The average Bonchev–Trinajstić information content (AvgIpc) is 2.72. The van der Waals surface area contributed by atoms with Gasteiger partial charge in [0.2, 0.25) is 0 Å². The number of hydrogen-bond acceptors (Lipinski definition) is 4. The highest BCUT2D eigenvalue weighted by atomic mass is 16.5. The van der Waals surface area contributed by atoms with Gasteiger partial charge in [0, 0.05) is 19.6 Å². The predicted octanol–water partition coefficient (Wildman–Crippen LogP) is 1.85. The lowest BCUT2D eigenvalue weighted by molar-refractivity contribution is -0.137. The molecule has 1 saturated heterocycles. The van der Waals surface area contributed by atoms with Gasteiger partial charge in [0.05, 0.1) is 18.8 Å². The molecular formula is C20H22N2O4. The van der Waals surface area contributed by atoms with Crippen molar-refractivity contribution in [2.75, 3.05) is 32.9 Å². The van der Waals surface area contributed by atoms with Gasteiger partial charge in [-0.15, -0.1) is 0 Å². The SMILES string of the molecule is O=C(NCc1ccccc1)c1ccccc1OCC(=O)N1CCOCC1. The molecule has 0 spiro atoms. The van der Waals surface area contributed by atoms with Crippen LogP contribution in [0.25, 0.3) is 0 Å². The second-order valence-electron chi connectivity index (χ2n) is 5.95. The summed E-state index contributed by atoms with van der Waals surface area (Å²) in [5.74, 6) is 0.0655. The highest BCUT2D eigenvalue weighted by molar-refractivity contribution is 5.97. The first kappa shape index (κ1) is 17.9. The maximum atomic E-state index is 12.5. The second-order valence-corrected chi connectivity index (χ2v) is 5.95. The first-order valence-electron chi connectivity index (χ1n) is 8.63. The first-order valence-corrected chi connectivity index (χ1v) is 8.63. The van der Waals surface area contributed by atoms with Crippen LogP contribution in [0.3, 0.4) is 0 Å². The highest BCUT2D eigenvalue weighted by Gasteiger charge is 2.18. The molecule has 0 unspecified atom stereocenters. The summed E-state index contributed by atoms with van der Waals surface area (Å²) in [6, 6.07) is 16.6. The Kier molecular flexibility index (Phi) is 6.22. The summed E-state index contributed by atoms with van der Waals surface area (Å²) in [7, 11) is 0. The predicted molar refractivity (Wildman–Crippen MR) is 96.9 cm³/mol. The van der Waals surface area contributed by atoms with Crippen LogP contribution in [-0.2, 0) is 16.1 Å². The fourth-order valence-corrected chi connectivity index (χ4v) is 2.70. The van der Waals surface area contributed by atoms with Gasteiger partial charge in [-0.25, -0.2) is 0 Å². The lowest BCUT2D eigenvalue weighted by atomic mass is 10.1. The fourth-order valence-electron chi connectivity index (χ4n) is 2.70. The van der Waals surface area contributed by atoms with Crippen LogP contribution < -0.4 is 10.1 Å². The van der Waals surface area contributed by atoms with E-state index >= 15 is 0 Å². The van der Waals surface area contributed by atoms with Crippen molar-refractivity contribution in [3.05, 3.63) is 65.7 Å². The van der Waals surface area contributed by atoms with Gasteiger partial charge in [-0.05, 0) is 17.7 Å². The lowest BCUT2D eigenvalue weighted by Crippen LogP contribution is -2.43. The minimum Gasteiger partial charge on any atom is -0.483 e. The molecule has 136 valence electrons. The third-order valence-electron chi connectivity index (χ3n) is 4.14. The molecule has 0 saturated carbocycles. The third kappa shape index (κ3) is 4.83. The average molecular weight is 354 g/mol. The van der Waals surface area contributed by atoms with E-state index in [0.717, 1.165) is 5.56 Å². The standard InChI is InChI=1S/C20H22N2O4/c23-19(22-10-12-25-13-11-22)15-26-18-9-5-4-8-17(18)20(24)21-14-16-6-2-1-3-7-16/h1-9H,10-15H2,(H,21,24). The number of para-hydroxylation sites is 1. The monoisotopic (exact) mass is 354 g/mol. The van der Waals surface area contributed by atoms with Crippen LogP contribution in [0.15, 0.2) is 54.6 Å². The Labute approximate surface area is 152 Å². The molecular weight excluding hydrogens is 332 g/mol. The molecule has 1 aliphatic rings. The van der Waals surface area contributed by atoms with Gasteiger partial charge < -0.3 is 19.7 Å².